The van der Waals surface area contributed by atoms with E-state index in [1.54, 1.807) is 0 Å². The molecule has 2 aliphatic heterocycles. The number of anilines is 1. The highest BCUT2D eigenvalue weighted by molar-refractivity contribution is 5.92. The van der Waals surface area contributed by atoms with Crippen molar-refractivity contribution in [3.8, 4) is 5.75 Å². The lowest BCUT2D eigenvalue weighted by molar-refractivity contribution is -0.274. The minimum atomic E-state index is -4.75. The lowest BCUT2D eigenvalue weighted by Gasteiger charge is -2.35. The number of ether oxygens (including phenoxy) is 1. The number of alkyl halides is 3. The second-order valence-electron chi connectivity index (χ2n) is 7.97. The van der Waals surface area contributed by atoms with Crippen LogP contribution in [-0.2, 0) is 9.59 Å². The molecule has 0 radical (unpaired) electrons. The zero-order valence-corrected chi connectivity index (χ0v) is 17.5. The summed E-state index contributed by atoms with van der Waals surface area (Å²) in [5, 5.41) is 2.68. The molecule has 0 spiro atoms. The highest BCUT2D eigenvalue weighted by Gasteiger charge is 2.31. The first kappa shape index (κ1) is 23.3. The van der Waals surface area contributed by atoms with Crippen LogP contribution in [0.5, 0.6) is 5.75 Å². The zero-order chi connectivity index (χ0) is 22.3. The van der Waals surface area contributed by atoms with Crippen LogP contribution in [0.25, 0.3) is 0 Å². The van der Waals surface area contributed by atoms with Crippen molar-refractivity contribution in [1.29, 1.82) is 0 Å². The van der Waals surface area contributed by atoms with Crippen molar-refractivity contribution >= 4 is 17.5 Å². The van der Waals surface area contributed by atoms with E-state index in [0.717, 1.165) is 51.2 Å². The van der Waals surface area contributed by atoms with E-state index in [0.29, 0.717) is 25.3 Å². The summed E-state index contributed by atoms with van der Waals surface area (Å²) in [5.74, 6) is -0.388. The van der Waals surface area contributed by atoms with E-state index < -0.39 is 6.36 Å². The maximum Gasteiger partial charge on any atom is 0.573 e. The summed E-state index contributed by atoms with van der Waals surface area (Å²) in [4.78, 5) is 30.9. The smallest absolute Gasteiger partial charge is 0.406 e. The van der Waals surface area contributed by atoms with E-state index in [1.807, 2.05) is 9.80 Å². The van der Waals surface area contributed by atoms with Gasteiger partial charge in [0, 0.05) is 45.0 Å². The molecular formula is C21H29F3N4O3. The van der Waals surface area contributed by atoms with Crippen LogP contribution < -0.4 is 10.1 Å². The fraction of sp³-hybridized carbons (Fsp3) is 0.619. The first-order chi connectivity index (χ1) is 14.8. The molecule has 0 unspecified atom stereocenters. The van der Waals surface area contributed by atoms with E-state index in [2.05, 4.69) is 15.0 Å². The van der Waals surface area contributed by atoms with Crippen LogP contribution >= 0.6 is 0 Å². The molecule has 2 saturated heterocycles. The highest BCUT2D eigenvalue weighted by Crippen LogP contribution is 2.24. The van der Waals surface area contributed by atoms with Gasteiger partial charge in [-0.25, -0.2) is 0 Å². The van der Waals surface area contributed by atoms with Crippen molar-refractivity contribution in [3.63, 3.8) is 0 Å². The fourth-order valence-electron chi connectivity index (χ4n) is 3.86. The largest absolute Gasteiger partial charge is 0.573 e. The number of halogens is 3. The van der Waals surface area contributed by atoms with Crippen LogP contribution in [0.15, 0.2) is 24.3 Å². The van der Waals surface area contributed by atoms with Crippen LogP contribution in [0, 0.1) is 0 Å². The molecule has 0 saturated carbocycles. The van der Waals surface area contributed by atoms with Gasteiger partial charge in [0.1, 0.15) is 5.75 Å². The number of carbonyl (C=O) groups is 2. The molecule has 3 rings (SSSR count). The second-order valence-corrected chi connectivity index (χ2v) is 7.97. The minimum Gasteiger partial charge on any atom is -0.406 e. The molecule has 2 aliphatic rings. The molecule has 7 nitrogen and oxygen atoms in total. The number of nitrogens with zero attached hydrogens (tertiary/aromatic N) is 3. The van der Waals surface area contributed by atoms with Gasteiger partial charge in [-0.1, -0.05) is 12.8 Å². The molecule has 31 heavy (non-hydrogen) atoms. The van der Waals surface area contributed by atoms with E-state index in [9.17, 15) is 22.8 Å². The molecule has 2 heterocycles. The quantitative estimate of drug-likeness (QED) is 0.734. The van der Waals surface area contributed by atoms with Gasteiger partial charge in [0.25, 0.3) is 0 Å². The van der Waals surface area contributed by atoms with Crippen molar-refractivity contribution in [2.24, 2.45) is 0 Å². The summed E-state index contributed by atoms with van der Waals surface area (Å²) in [6, 6.07) is 5.04. The van der Waals surface area contributed by atoms with Crippen molar-refractivity contribution in [3.05, 3.63) is 24.3 Å². The summed E-state index contributed by atoms with van der Waals surface area (Å²) in [5.41, 5.74) is 0.404. The summed E-state index contributed by atoms with van der Waals surface area (Å²) in [6.45, 7) is 5.11. The standard InChI is InChI=1S/C21H29F3N4O3/c22-21(23,24)31-18-7-5-17(6-8-18)25-19(29)15-26-11-13-27(14-12-26)16-20(30)28-9-3-1-2-4-10-28/h5-8H,1-4,9-16H2,(H,25,29). The Morgan fingerprint density at radius 2 is 1.39 bits per heavy atom. The Morgan fingerprint density at radius 1 is 0.839 bits per heavy atom. The maximum absolute atomic E-state index is 12.5. The molecule has 10 heteroatoms. The van der Waals surface area contributed by atoms with Crippen molar-refractivity contribution in [2.45, 2.75) is 32.0 Å². The maximum atomic E-state index is 12.5. The number of carbonyl (C=O) groups excluding carboxylic acids is 2. The Hall–Kier alpha value is -2.33. The number of likely N-dealkylation sites (tertiary alicyclic amines) is 1. The minimum absolute atomic E-state index is 0.186. The Bertz CT molecular complexity index is 726. The number of rotatable bonds is 6. The Kier molecular flexibility index (Phi) is 8.14. The highest BCUT2D eigenvalue weighted by atomic mass is 19.4. The van der Waals surface area contributed by atoms with Crippen LogP contribution in [0.1, 0.15) is 25.7 Å². The van der Waals surface area contributed by atoms with Crippen molar-refractivity contribution in [2.75, 3.05) is 57.7 Å². The van der Waals surface area contributed by atoms with Crippen molar-refractivity contribution < 1.29 is 27.5 Å². The molecule has 1 aromatic carbocycles. The molecule has 0 atom stereocenters. The monoisotopic (exact) mass is 442 g/mol. The van der Waals surface area contributed by atoms with E-state index in [4.69, 9.17) is 0 Å². The van der Waals surface area contributed by atoms with E-state index in [-0.39, 0.29) is 24.1 Å². The van der Waals surface area contributed by atoms with Gasteiger partial charge in [-0.15, -0.1) is 13.2 Å². The molecule has 2 fully saturated rings. The molecule has 1 N–H and O–H groups in total. The van der Waals surface area contributed by atoms with Gasteiger partial charge in [-0.05, 0) is 37.1 Å². The second kappa shape index (κ2) is 10.8. The van der Waals surface area contributed by atoms with Gasteiger partial charge >= 0.3 is 6.36 Å². The van der Waals surface area contributed by atoms with Crippen LogP contribution in [0.4, 0.5) is 18.9 Å². The molecule has 0 aromatic heterocycles. The van der Waals surface area contributed by atoms with Gasteiger partial charge in [-0.3, -0.25) is 19.4 Å². The fourth-order valence-corrected chi connectivity index (χ4v) is 3.86. The molecular weight excluding hydrogens is 413 g/mol. The summed E-state index contributed by atoms with van der Waals surface area (Å²) in [6.07, 6.45) is -0.212. The predicted octanol–water partition coefficient (Wildman–Crippen LogP) is 2.54. The first-order valence-corrected chi connectivity index (χ1v) is 10.7. The number of hydrogen-bond acceptors (Lipinski definition) is 5. The average molecular weight is 442 g/mol. The molecule has 0 bridgehead atoms. The third kappa shape index (κ3) is 8.02. The lowest BCUT2D eigenvalue weighted by Crippen LogP contribution is -2.51. The van der Waals surface area contributed by atoms with Gasteiger partial charge in [0.05, 0.1) is 13.1 Å². The number of hydrogen-bond donors (Lipinski definition) is 1. The Morgan fingerprint density at radius 3 is 1.94 bits per heavy atom. The van der Waals surface area contributed by atoms with Gasteiger partial charge in [-0.2, -0.15) is 0 Å². The van der Waals surface area contributed by atoms with Crippen LogP contribution in [0.3, 0.4) is 0 Å². The molecule has 172 valence electrons. The SMILES string of the molecule is O=C(CN1CCN(CC(=O)N2CCCCCC2)CC1)Nc1ccc(OC(F)(F)F)cc1. The van der Waals surface area contributed by atoms with Crippen LogP contribution in [0.2, 0.25) is 0 Å². The van der Waals surface area contributed by atoms with Crippen molar-refractivity contribution in [1.82, 2.24) is 14.7 Å². The lowest BCUT2D eigenvalue weighted by atomic mass is 10.2. The number of piperazine rings is 1. The number of benzene rings is 1. The molecule has 2 amide bonds. The number of nitrogens with one attached hydrogen (secondary N) is 1. The third-order valence-electron chi connectivity index (χ3n) is 5.52. The Labute approximate surface area is 180 Å². The first-order valence-electron chi connectivity index (χ1n) is 10.7. The topological polar surface area (TPSA) is 65.1 Å². The summed E-state index contributed by atoms with van der Waals surface area (Å²) < 4.78 is 40.4. The van der Waals surface area contributed by atoms with Crippen LogP contribution in [-0.4, -0.2) is 85.2 Å². The van der Waals surface area contributed by atoms with Gasteiger partial charge < -0.3 is 15.0 Å². The molecule has 1 aromatic rings. The zero-order valence-electron chi connectivity index (χ0n) is 17.5. The molecule has 0 aliphatic carbocycles. The van der Waals surface area contributed by atoms with E-state index in [1.165, 1.54) is 25.0 Å². The summed E-state index contributed by atoms with van der Waals surface area (Å²) in [7, 11) is 0. The third-order valence-corrected chi connectivity index (χ3v) is 5.52. The normalized spacial score (nSPS) is 19.0. The average Bonchev–Trinajstić information content (AvgIpc) is 2.99. The number of amides is 2. The van der Waals surface area contributed by atoms with E-state index >= 15 is 0 Å². The predicted molar refractivity (Wildman–Crippen MR) is 110 cm³/mol. The van der Waals surface area contributed by atoms with Gasteiger partial charge in [0.15, 0.2) is 0 Å². The summed E-state index contributed by atoms with van der Waals surface area (Å²) >= 11 is 0. The Balaban J connectivity index is 1.37. The van der Waals surface area contributed by atoms with Gasteiger partial charge in [0.2, 0.25) is 11.8 Å².